The molecule has 3 aromatic carbocycles. The number of benzene rings is 3. The number of hydrogen-bond acceptors (Lipinski definition) is 2. The SMILES string of the molecule is CCNC(=O)[C@H](CC)N(Cc1ccc(Cl)c(Cl)c1)C(=O)CC(c1ccccc1)c1ccccc1. The molecule has 34 heavy (non-hydrogen) atoms. The van der Waals surface area contributed by atoms with Crippen molar-refractivity contribution in [3.63, 3.8) is 0 Å². The third-order valence-corrected chi connectivity index (χ3v) is 6.60. The molecule has 3 aromatic rings. The lowest BCUT2D eigenvalue weighted by Crippen LogP contribution is -2.49. The molecular formula is C28H30Cl2N2O2. The van der Waals surface area contributed by atoms with Gasteiger partial charge in [-0.1, -0.05) is 96.9 Å². The smallest absolute Gasteiger partial charge is 0.242 e. The van der Waals surface area contributed by atoms with Crippen LogP contribution in [0.4, 0.5) is 0 Å². The molecule has 0 aliphatic rings. The van der Waals surface area contributed by atoms with Crippen molar-refractivity contribution < 1.29 is 9.59 Å². The van der Waals surface area contributed by atoms with E-state index in [2.05, 4.69) is 5.32 Å². The minimum absolute atomic E-state index is 0.0955. The largest absolute Gasteiger partial charge is 0.355 e. The summed E-state index contributed by atoms with van der Waals surface area (Å²) < 4.78 is 0. The standard InChI is InChI=1S/C28H30Cl2N2O2/c1-3-26(28(34)31-4-2)32(19-20-15-16-24(29)25(30)17-20)27(33)18-23(21-11-7-5-8-12-21)22-13-9-6-10-14-22/h5-17,23,26H,3-4,18-19H2,1-2H3,(H,31,34)/t26-/m0/s1. The molecule has 0 saturated heterocycles. The molecule has 0 bridgehead atoms. The Morgan fingerprint density at radius 1 is 0.853 bits per heavy atom. The molecule has 0 aliphatic heterocycles. The first-order valence-corrected chi connectivity index (χ1v) is 12.3. The zero-order valence-electron chi connectivity index (χ0n) is 19.5. The maximum absolute atomic E-state index is 13.9. The van der Waals surface area contributed by atoms with Crippen LogP contribution in [-0.2, 0) is 16.1 Å². The van der Waals surface area contributed by atoms with E-state index in [9.17, 15) is 9.59 Å². The maximum atomic E-state index is 13.9. The summed E-state index contributed by atoms with van der Waals surface area (Å²) in [5.74, 6) is -0.380. The molecule has 178 valence electrons. The quantitative estimate of drug-likeness (QED) is 0.350. The fraction of sp³-hybridized carbons (Fsp3) is 0.286. The summed E-state index contributed by atoms with van der Waals surface area (Å²) in [7, 11) is 0. The fourth-order valence-electron chi connectivity index (χ4n) is 4.14. The van der Waals surface area contributed by atoms with Crippen LogP contribution >= 0.6 is 23.2 Å². The summed E-state index contributed by atoms with van der Waals surface area (Å²) in [5.41, 5.74) is 2.94. The van der Waals surface area contributed by atoms with Gasteiger partial charge in [-0.3, -0.25) is 9.59 Å². The van der Waals surface area contributed by atoms with Gasteiger partial charge in [-0.05, 0) is 42.2 Å². The number of amides is 2. The van der Waals surface area contributed by atoms with Gasteiger partial charge in [-0.2, -0.15) is 0 Å². The van der Waals surface area contributed by atoms with Gasteiger partial charge in [0.25, 0.3) is 0 Å². The topological polar surface area (TPSA) is 49.4 Å². The Labute approximate surface area is 211 Å². The summed E-state index contributed by atoms with van der Waals surface area (Å²) in [6, 6.07) is 24.7. The number of halogens is 2. The van der Waals surface area contributed by atoms with Gasteiger partial charge in [0.1, 0.15) is 6.04 Å². The van der Waals surface area contributed by atoms with Crippen LogP contribution in [0.5, 0.6) is 0 Å². The average Bonchev–Trinajstić information content (AvgIpc) is 2.85. The molecule has 2 amide bonds. The third kappa shape index (κ3) is 6.62. The molecule has 1 N–H and O–H groups in total. The predicted octanol–water partition coefficient (Wildman–Crippen LogP) is 6.46. The van der Waals surface area contributed by atoms with E-state index >= 15 is 0 Å². The van der Waals surface area contributed by atoms with Crippen LogP contribution in [0.15, 0.2) is 78.9 Å². The van der Waals surface area contributed by atoms with E-state index in [1.165, 1.54) is 0 Å². The van der Waals surface area contributed by atoms with Gasteiger partial charge in [0.05, 0.1) is 10.0 Å². The van der Waals surface area contributed by atoms with Crippen LogP contribution in [0.1, 0.15) is 49.3 Å². The van der Waals surface area contributed by atoms with Crippen LogP contribution in [0.3, 0.4) is 0 Å². The Kier molecular flexibility index (Phi) is 9.55. The fourth-order valence-corrected chi connectivity index (χ4v) is 4.46. The number of likely N-dealkylation sites (N-methyl/N-ethyl adjacent to an activating group) is 1. The van der Waals surface area contributed by atoms with Crippen LogP contribution in [-0.4, -0.2) is 29.3 Å². The Morgan fingerprint density at radius 2 is 1.44 bits per heavy atom. The first-order chi connectivity index (χ1) is 16.4. The molecule has 0 fully saturated rings. The van der Waals surface area contributed by atoms with Crippen LogP contribution < -0.4 is 5.32 Å². The van der Waals surface area contributed by atoms with Crippen molar-refractivity contribution >= 4 is 35.0 Å². The predicted molar refractivity (Wildman–Crippen MR) is 139 cm³/mol. The molecule has 0 unspecified atom stereocenters. The highest BCUT2D eigenvalue weighted by Crippen LogP contribution is 2.30. The molecule has 6 heteroatoms. The molecule has 0 radical (unpaired) electrons. The highest BCUT2D eigenvalue weighted by molar-refractivity contribution is 6.42. The monoisotopic (exact) mass is 496 g/mol. The minimum atomic E-state index is -0.589. The van der Waals surface area contributed by atoms with E-state index in [4.69, 9.17) is 23.2 Å². The van der Waals surface area contributed by atoms with Gasteiger partial charge < -0.3 is 10.2 Å². The van der Waals surface area contributed by atoms with Gasteiger partial charge in [0.2, 0.25) is 11.8 Å². The molecule has 0 saturated carbocycles. The number of hydrogen-bond donors (Lipinski definition) is 1. The van der Waals surface area contributed by atoms with Crippen molar-refractivity contribution in [2.24, 2.45) is 0 Å². The number of rotatable bonds is 10. The van der Waals surface area contributed by atoms with Gasteiger partial charge in [-0.15, -0.1) is 0 Å². The van der Waals surface area contributed by atoms with Crippen LogP contribution in [0.2, 0.25) is 10.0 Å². The summed E-state index contributed by atoms with van der Waals surface area (Å²) >= 11 is 12.3. The Hall–Kier alpha value is -2.82. The zero-order chi connectivity index (χ0) is 24.5. The summed E-state index contributed by atoms with van der Waals surface area (Å²) in [4.78, 5) is 28.4. The van der Waals surface area contributed by atoms with E-state index in [1.807, 2.05) is 80.6 Å². The molecule has 0 aliphatic carbocycles. The molecular weight excluding hydrogens is 467 g/mol. The first kappa shape index (κ1) is 25.8. The average molecular weight is 497 g/mol. The second kappa shape index (κ2) is 12.6. The number of carbonyl (C=O) groups is 2. The first-order valence-electron chi connectivity index (χ1n) is 11.6. The minimum Gasteiger partial charge on any atom is -0.355 e. The van der Waals surface area contributed by atoms with Gasteiger partial charge >= 0.3 is 0 Å². The molecule has 0 heterocycles. The molecule has 0 aromatic heterocycles. The second-order valence-electron chi connectivity index (χ2n) is 8.17. The van der Waals surface area contributed by atoms with Crippen molar-refractivity contribution in [2.45, 2.75) is 45.2 Å². The van der Waals surface area contributed by atoms with Crippen molar-refractivity contribution in [3.8, 4) is 0 Å². The van der Waals surface area contributed by atoms with E-state index in [0.29, 0.717) is 23.0 Å². The Balaban J connectivity index is 1.96. The van der Waals surface area contributed by atoms with Crippen LogP contribution in [0.25, 0.3) is 0 Å². The highest BCUT2D eigenvalue weighted by atomic mass is 35.5. The Bertz CT molecular complexity index is 1050. The van der Waals surface area contributed by atoms with E-state index in [1.54, 1.807) is 17.0 Å². The van der Waals surface area contributed by atoms with Gasteiger partial charge in [0, 0.05) is 25.4 Å². The van der Waals surface area contributed by atoms with Crippen LogP contribution in [0, 0.1) is 0 Å². The number of carbonyl (C=O) groups excluding carboxylic acids is 2. The van der Waals surface area contributed by atoms with E-state index in [-0.39, 0.29) is 30.7 Å². The highest BCUT2D eigenvalue weighted by Gasteiger charge is 2.30. The van der Waals surface area contributed by atoms with Crippen molar-refractivity contribution in [2.75, 3.05) is 6.54 Å². The molecule has 1 atom stereocenters. The molecule has 3 rings (SSSR count). The summed E-state index contributed by atoms with van der Waals surface area (Å²) in [6.07, 6.45) is 0.742. The Morgan fingerprint density at radius 3 is 1.94 bits per heavy atom. The molecule has 4 nitrogen and oxygen atoms in total. The summed E-state index contributed by atoms with van der Waals surface area (Å²) in [6.45, 7) is 4.56. The third-order valence-electron chi connectivity index (χ3n) is 5.86. The number of nitrogens with zero attached hydrogens (tertiary/aromatic N) is 1. The van der Waals surface area contributed by atoms with E-state index < -0.39 is 6.04 Å². The van der Waals surface area contributed by atoms with Gasteiger partial charge in [0.15, 0.2) is 0 Å². The lowest BCUT2D eigenvalue weighted by atomic mass is 9.88. The van der Waals surface area contributed by atoms with Gasteiger partial charge in [-0.25, -0.2) is 0 Å². The lowest BCUT2D eigenvalue weighted by Gasteiger charge is -2.32. The number of nitrogens with one attached hydrogen (secondary N) is 1. The zero-order valence-corrected chi connectivity index (χ0v) is 21.0. The molecule has 0 spiro atoms. The van der Waals surface area contributed by atoms with Crippen molar-refractivity contribution in [3.05, 3.63) is 106 Å². The van der Waals surface area contributed by atoms with Crippen molar-refractivity contribution in [1.82, 2.24) is 10.2 Å². The van der Waals surface area contributed by atoms with E-state index in [0.717, 1.165) is 16.7 Å². The maximum Gasteiger partial charge on any atom is 0.242 e. The normalized spacial score (nSPS) is 11.8. The van der Waals surface area contributed by atoms with Crippen molar-refractivity contribution in [1.29, 1.82) is 0 Å². The lowest BCUT2D eigenvalue weighted by molar-refractivity contribution is -0.141. The second-order valence-corrected chi connectivity index (χ2v) is 8.98. The summed E-state index contributed by atoms with van der Waals surface area (Å²) in [5, 5.41) is 3.75.